The molecule has 1 amide bonds. The minimum Gasteiger partial charge on any atom is -0.444 e. The van der Waals surface area contributed by atoms with Gasteiger partial charge in [0.05, 0.1) is 10.5 Å². The fraction of sp³-hybridized carbons (Fsp3) is 0.611. The molecule has 0 saturated carbocycles. The maximum atomic E-state index is 14.7. The van der Waals surface area contributed by atoms with Crippen LogP contribution in [0.4, 0.5) is 22.4 Å². The second-order valence-corrected chi connectivity index (χ2v) is 9.73. The molecule has 0 spiro atoms. The number of likely N-dealkylation sites (tertiary alicyclic amines) is 1. The first-order chi connectivity index (χ1) is 12.7. The highest BCUT2D eigenvalue weighted by molar-refractivity contribution is 7.91. The summed E-state index contributed by atoms with van der Waals surface area (Å²) in [4.78, 5) is 12.9. The fourth-order valence-corrected chi connectivity index (χ4v) is 4.44. The minimum atomic E-state index is -4.61. The van der Waals surface area contributed by atoms with Crippen LogP contribution in [0.25, 0.3) is 0 Å². The van der Waals surface area contributed by atoms with Crippen LogP contribution in [0.1, 0.15) is 39.2 Å². The number of hydrogen-bond acceptors (Lipinski definition) is 4. The Labute approximate surface area is 161 Å². The fourth-order valence-electron chi connectivity index (χ4n) is 2.89. The van der Waals surface area contributed by atoms with Gasteiger partial charge in [-0.2, -0.15) is 13.2 Å². The highest BCUT2D eigenvalue weighted by Gasteiger charge is 2.39. The first kappa shape index (κ1) is 22.4. The van der Waals surface area contributed by atoms with Gasteiger partial charge in [-0.3, -0.25) is 0 Å². The topological polar surface area (TPSA) is 63.7 Å². The Morgan fingerprint density at radius 1 is 1.11 bits per heavy atom. The number of carbonyl (C=O) groups excluding carboxylic acids is 1. The summed E-state index contributed by atoms with van der Waals surface area (Å²) in [5.74, 6) is -0.856. The van der Waals surface area contributed by atoms with Crippen LogP contribution in [0.15, 0.2) is 29.2 Å². The molecule has 0 aliphatic carbocycles. The van der Waals surface area contributed by atoms with Crippen molar-refractivity contribution in [3.63, 3.8) is 0 Å². The molecule has 1 aromatic rings. The molecule has 0 N–H and O–H groups in total. The number of amides is 1. The summed E-state index contributed by atoms with van der Waals surface area (Å²) < 4.78 is 82.7. The molecule has 0 aromatic heterocycles. The summed E-state index contributed by atoms with van der Waals surface area (Å²) in [5.41, 5.74) is -3.94. The van der Waals surface area contributed by atoms with Gasteiger partial charge in [0.25, 0.3) is 0 Å². The third kappa shape index (κ3) is 5.36. The lowest BCUT2D eigenvalue weighted by atomic mass is 9.98. The zero-order valence-electron chi connectivity index (χ0n) is 15.8. The van der Waals surface area contributed by atoms with Gasteiger partial charge in [0.15, 0.2) is 0 Å². The monoisotopic (exact) mass is 425 g/mol. The summed E-state index contributed by atoms with van der Waals surface area (Å²) in [6, 6.07) is 2.76. The van der Waals surface area contributed by atoms with Gasteiger partial charge < -0.3 is 9.64 Å². The maximum Gasteiger partial charge on any atom is 0.416 e. The molecule has 0 radical (unpaired) electrons. The van der Waals surface area contributed by atoms with E-state index >= 15 is 0 Å². The highest BCUT2D eigenvalue weighted by atomic mass is 32.2. The number of sulfone groups is 1. The number of halogens is 4. The first-order valence-electron chi connectivity index (χ1n) is 8.75. The molecular weight excluding hydrogens is 402 g/mol. The van der Waals surface area contributed by atoms with E-state index in [-0.39, 0.29) is 25.9 Å². The van der Waals surface area contributed by atoms with Crippen molar-refractivity contribution in [1.82, 2.24) is 4.90 Å². The zero-order chi connectivity index (χ0) is 21.3. The van der Waals surface area contributed by atoms with E-state index in [9.17, 15) is 30.8 Å². The molecule has 158 valence electrons. The quantitative estimate of drug-likeness (QED) is 0.673. The normalized spacial score (nSPS) is 18.0. The van der Waals surface area contributed by atoms with Crippen molar-refractivity contribution in [2.24, 2.45) is 5.92 Å². The number of ether oxygens (including phenoxy) is 1. The van der Waals surface area contributed by atoms with Crippen molar-refractivity contribution < 1.29 is 35.5 Å². The van der Waals surface area contributed by atoms with Crippen molar-refractivity contribution in [2.45, 2.75) is 55.8 Å². The molecule has 10 heteroatoms. The van der Waals surface area contributed by atoms with Gasteiger partial charge in [-0.25, -0.2) is 17.6 Å². The number of carbonyl (C=O) groups is 1. The molecule has 1 atom stereocenters. The molecule has 1 aliphatic rings. The highest BCUT2D eigenvalue weighted by Crippen LogP contribution is 2.33. The van der Waals surface area contributed by atoms with E-state index in [0.717, 1.165) is 12.1 Å². The number of hydrogen-bond donors (Lipinski definition) is 0. The summed E-state index contributed by atoms with van der Waals surface area (Å²) in [6.45, 7) is 5.43. The van der Waals surface area contributed by atoms with Crippen LogP contribution in [0.2, 0.25) is 0 Å². The van der Waals surface area contributed by atoms with Crippen LogP contribution in [-0.4, -0.2) is 43.6 Å². The molecule has 1 saturated heterocycles. The average molecular weight is 425 g/mol. The second kappa shape index (κ2) is 7.88. The lowest BCUT2D eigenvalue weighted by molar-refractivity contribution is -0.137. The first-order valence-corrected chi connectivity index (χ1v) is 10.3. The Morgan fingerprint density at radius 2 is 1.61 bits per heavy atom. The zero-order valence-corrected chi connectivity index (χ0v) is 16.6. The third-order valence-electron chi connectivity index (χ3n) is 4.37. The van der Waals surface area contributed by atoms with Crippen LogP contribution in [0, 0.1) is 5.92 Å². The minimum absolute atomic E-state index is 0.111. The predicted octanol–water partition coefficient (Wildman–Crippen LogP) is 4.42. The number of rotatable bonds is 3. The van der Waals surface area contributed by atoms with Crippen molar-refractivity contribution in [1.29, 1.82) is 0 Å². The Bertz CT molecular complexity index is 792. The molecule has 1 unspecified atom stereocenters. The molecule has 5 nitrogen and oxygen atoms in total. The average Bonchev–Trinajstić information content (AvgIpc) is 2.59. The Morgan fingerprint density at radius 3 is 2.04 bits per heavy atom. The van der Waals surface area contributed by atoms with Crippen LogP contribution in [-0.2, 0) is 20.8 Å². The SMILES string of the molecule is CC(C)(C)OC(=O)N1CCC(C(F)S(=O)(=O)c2ccc(C(F)(F)F)cc2)CC1. The van der Waals surface area contributed by atoms with Gasteiger partial charge >= 0.3 is 12.3 Å². The van der Waals surface area contributed by atoms with Crippen molar-refractivity contribution >= 4 is 15.9 Å². The molecule has 0 bridgehead atoms. The number of nitrogens with zero attached hydrogens (tertiary/aromatic N) is 1. The molecule has 28 heavy (non-hydrogen) atoms. The summed E-state index contributed by atoms with van der Waals surface area (Å²) >= 11 is 0. The van der Waals surface area contributed by atoms with E-state index in [4.69, 9.17) is 4.74 Å². The lowest BCUT2D eigenvalue weighted by Gasteiger charge is -2.34. The molecule has 1 heterocycles. The smallest absolute Gasteiger partial charge is 0.416 e. The number of alkyl halides is 4. The molecule has 1 aromatic carbocycles. The van der Waals surface area contributed by atoms with Crippen molar-refractivity contribution in [3.8, 4) is 0 Å². The van der Waals surface area contributed by atoms with Crippen LogP contribution in [0.3, 0.4) is 0 Å². The van der Waals surface area contributed by atoms with Crippen LogP contribution >= 0.6 is 0 Å². The Hall–Kier alpha value is -1.84. The van der Waals surface area contributed by atoms with Crippen molar-refractivity contribution in [2.75, 3.05) is 13.1 Å². The number of benzene rings is 1. The van der Waals surface area contributed by atoms with Crippen LogP contribution < -0.4 is 0 Å². The standard InChI is InChI=1S/C18H23F4NO4S/c1-17(2,3)27-16(24)23-10-8-12(9-11-23)15(19)28(25,26)14-6-4-13(5-7-14)18(20,21)22/h4-7,12,15H,8-11H2,1-3H3. The van der Waals surface area contributed by atoms with Crippen molar-refractivity contribution in [3.05, 3.63) is 29.8 Å². The molecule has 1 aliphatic heterocycles. The largest absolute Gasteiger partial charge is 0.444 e. The second-order valence-electron chi connectivity index (χ2n) is 7.72. The van der Waals surface area contributed by atoms with E-state index in [1.54, 1.807) is 20.8 Å². The van der Waals surface area contributed by atoms with Gasteiger partial charge in [-0.05, 0) is 57.9 Å². The van der Waals surface area contributed by atoms with E-state index in [2.05, 4.69) is 0 Å². The van der Waals surface area contributed by atoms with Gasteiger partial charge in [0, 0.05) is 19.0 Å². The maximum absolute atomic E-state index is 14.7. The Kier molecular flexibility index (Phi) is 6.32. The van der Waals surface area contributed by atoms with E-state index in [1.807, 2.05) is 0 Å². The van der Waals surface area contributed by atoms with Gasteiger partial charge in [0.2, 0.25) is 15.3 Å². The lowest BCUT2D eigenvalue weighted by Crippen LogP contribution is -2.44. The van der Waals surface area contributed by atoms with Gasteiger partial charge in [0.1, 0.15) is 5.60 Å². The summed E-state index contributed by atoms with van der Waals surface area (Å²) in [7, 11) is -4.44. The van der Waals surface area contributed by atoms with E-state index in [1.165, 1.54) is 4.90 Å². The number of piperidine rings is 1. The Balaban J connectivity index is 2.04. The summed E-state index contributed by atoms with van der Waals surface area (Å²) in [5, 5.41) is 0. The van der Waals surface area contributed by atoms with Gasteiger partial charge in [-0.15, -0.1) is 0 Å². The molecule has 1 fully saturated rings. The van der Waals surface area contributed by atoms with E-state index < -0.39 is 49.6 Å². The van der Waals surface area contributed by atoms with E-state index in [0.29, 0.717) is 12.1 Å². The third-order valence-corrected chi connectivity index (χ3v) is 6.28. The predicted molar refractivity (Wildman–Crippen MR) is 94.1 cm³/mol. The van der Waals surface area contributed by atoms with Gasteiger partial charge in [-0.1, -0.05) is 0 Å². The summed E-state index contributed by atoms with van der Waals surface area (Å²) in [6.07, 6.45) is -4.93. The molecule has 2 rings (SSSR count). The van der Waals surface area contributed by atoms with Crippen LogP contribution in [0.5, 0.6) is 0 Å². The molecular formula is C18H23F4NO4S.